The first kappa shape index (κ1) is 25.0. The predicted molar refractivity (Wildman–Crippen MR) is 140 cm³/mol. The Morgan fingerprint density at radius 1 is 0.943 bits per heavy atom. The molecule has 3 aromatic carbocycles. The van der Waals surface area contributed by atoms with Gasteiger partial charge < -0.3 is 10.1 Å². The Bertz CT molecular complexity index is 1500. The maximum Gasteiger partial charge on any atom is 0.261 e. The van der Waals surface area contributed by atoms with Gasteiger partial charge in [-0.3, -0.25) is 14.5 Å². The zero-order valence-corrected chi connectivity index (χ0v) is 21.6. The maximum absolute atomic E-state index is 13.0. The molecule has 7 nitrogen and oxygen atoms in total. The van der Waals surface area contributed by atoms with Crippen molar-refractivity contribution in [2.45, 2.75) is 4.90 Å². The quantitative estimate of drug-likeness (QED) is 0.241. The highest BCUT2D eigenvalue weighted by molar-refractivity contribution is 9.10. The highest BCUT2D eigenvalue weighted by Crippen LogP contribution is 2.30. The number of amides is 1. The number of benzene rings is 3. The van der Waals surface area contributed by atoms with Crippen molar-refractivity contribution < 1.29 is 17.9 Å². The van der Waals surface area contributed by atoms with Crippen molar-refractivity contribution in [2.24, 2.45) is 0 Å². The lowest BCUT2D eigenvalue weighted by molar-refractivity contribution is 0.102. The number of carbonyl (C=O) groups excluding carboxylic acids is 1. The molecule has 1 amide bonds. The number of para-hydroxylation sites is 1. The van der Waals surface area contributed by atoms with Crippen LogP contribution in [-0.4, -0.2) is 19.3 Å². The Morgan fingerprint density at radius 3 is 2.40 bits per heavy atom. The molecule has 35 heavy (non-hydrogen) atoms. The van der Waals surface area contributed by atoms with E-state index in [1.165, 1.54) is 48.7 Å². The topological polar surface area (TPSA) is 97.4 Å². The number of nitrogens with zero attached hydrogens (tertiary/aromatic N) is 1. The highest BCUT2D eigenvalue weighted by Gasteiger charge is 2.20. The first-order valence-electron chi connectivity index (χ1n) is 9.98. The number of pyridine rings is 1. The van der Waals surface area contributed by atoms with Crippen molar-refractivity contribution in [1.82, 2.24) is 4.98 Å². The van der Waals surface area contributed by atoms with Crippen LogP contribution in [-0.2, 0) is 10.0 Å². The van der Waals surface area contributed by atoms with E-state index < -0.39 is 15.9 Å². The summed E-state index contributed by atoms with van der Waals surface area (Å²) < 4.78 is 34.9. The van der Waals surface area contributed by atoms with E-state index in [1.807, 2.05) is 0 Å². The molecule has 0 unspecified atom stereocenters. The number of rotatable bonds is 7. The Morgan fingerprint density at radius 2 is 1.69 bits per heavy atom. The fourth-order valence-electron chi connectivity index (χ4n) is 3.02. The standard InChI is InChI=1S/C24H16BrCl2N3O4S/c25-15-11-17(14-28-13-15)29-24(31)20-12-16(26)5-10-22(20)30-35(32,33)19-8-6-18(7-9-19)34-23-4-2-1-3-21(23)27/h1-14,30H,(H,29,31). The molecular weight excluding hydrogens is 577 g/mol. The van der Waals surface area contributed by atoms with Gasteiger partial charge in [0, 0.05) is 15.7 Å². The Balaban J connectivity index is 1.55. The van der Waals surface area contributed by atoms with Crippen molar-refractivity contribution in [3.63, 3.8) is 0 Å². The third kappa shape index (κ3) is 6.32. The molecule has 0 bridgehead atoms. The average Bonchev–Trinajstić information content (AvgIpc) is 2.82. The molecule has 0 saturated carbocycles. The van der Waals surface area contributed by atoms with Crippen molar-refractivity contribution in [3.05, 3.63) is 105 Å². The number of aromatic nitrogens is 1. The average molecular weight is 593 g/mol. The van der Waals surface area contributed by atoms with Crippen LogP contribution in [0.25, 0.3) is 0 Å². The van der Waals surface area contributed by atoms with Gasteiger partial charge >= 0.3 is 0 Å². The SMILES string of the molecule is O=C(Nc1cncc(Br)c1)c1cc(Cl)ccc1NS(=O)(=O)c1ccc(Oc2ccccc2Cl)cc1. The van der Waals surface area contributed by atoms with E-state index >= 15 is 0 Å². The van der Waals surface area contributed by atoms with Gasteiger partial charge in [-0.2, -0.15) is 0 Å². The zero-order valence-electron chi connectivity index (χ0n) is 17.7. The second-order valence-corrected chi connectivity index (χ2v) is 10.6. The number of hydrogen-bond acceptors (Lipinski definition) is 5. The van der Waals surface area contributed by atoms with Crippen LogP contribution in [0.15, 0.2) is 94.6 Å². The lowest BCUT2D eigenvalue weighted by Gasteiger charge is -2.14. The van der Waals surface area contributed by atoms with Crippen molar-refractivity contribution >= 4 is 66.4 Å². The molecule has 0 spiro atoms. The van der Waals surface area contributed by atoms with E-state index in [1.54, 1.807) is 36.5 Å². The number of carbonyl (C=O) groups is 1. The van der Waals surface area contributed by atoms with Crippen molar-refractivity contribution in [1.29, 1.82) is 0 Å². The number of ether oxygens (including phenoxy) is 1. The van der Waals surface area contributed by atoms with Gasteiger partial charge in [0.05, 0.1) is 33.1 Å². The summed E-state index contributed by atoms with van der Waals surface area (Å²) in [5.41, 5.74) is 0.526. The second-order valence-electron chi connectivity index (χ2n) is 7.15. The van der Waals surface area contributed by atoms with Crippen molar-refractivity contribution in [3.8, 4) is 11.5 Å². The minimum atomic E-state index is -4.03. The Kier molecular flexibility index (Phi) is 7.61. The summed E-state index contributed by atoms with van der Waals surface area (Å²) in [6.07, 6.45) is 3.03. The van der Waals surface area contributed by atoms with Gasteiger partial charge in [-0.15, -0.1) is 0 Å². The molecule has 2 N–H and O–H groups in total. The smallest absolute Gasteiger partial charge is 0.261 e. The summed E-state index contributed by atoms with van der Waals surface area (Å²) in [4.78, 5) is 16.9. The van der Waals surface area contributed by atoms with E-state index in [4.69, 9.17) is 27.9 Å². The fourth-order valence-corrected chi connectivity index (χ4v) is 4.81. The summed E-state index contributed by atoms with van der Waals surface area (Å²) in [5, 5.41) is 3.37. The van der Waals surface area contributed by atoms with Gasteiger partial charge in [0.25, 0.3) is 15.9 Å². The number of halogens is 3. The summed E-state index contributed by atoms with van der Waals surface area (Å²) in [5.74, 6) is 0.292. The number of sulfonamides is 1. The van der Waals surface area contributed by atoms with Crippen LogP contribution in [0.3, 0.4) is 0 Å². The van der Waals surface area contributed by atoms with E-state index in [0.717, 1.165) is 0 Å². The third-order valence-corrected chi connectivity index (χ3v) is 6.99. The number of anilines is 2. The summed E-state index contributed by atoms with van der Waals surface area (Å²) in [6, 6.07) is 18.7. The molecule has 1 aromatic heterocycles. The minimum absolute atomic E-state index is 0.0264. The van der Waals surface area contributed by atoms with Crippen LogP contribution >= 0.6 is 39.1 Å². The number of hydrogen-bond donors (Lipinski definition) is 2. The van der Waals surface area contributed by atoms with Crippen LogP contribution in [0, 0.1) is 0 Å². The van der Waals surface area contributed by atoms with Gasteiger partial charge in [0.1, 0.15) is 11.5 Å². The minimum Gasteiger partial charge on any atom is -0.456 e. The predicted octanol–water partition coefficient (Wildman–Crippen LogP) is 7.00. The second kappa shape index (κ2) is 10.7. The normalized spacial score (nSPS) is 11.1. The molecular formula is C24H16BrCl2N3O4S. The Labute approximate surface area is 220 Å². The van der Waals surface area contributed by atoms with Gasteiger partial charge in [0.15, 0.2) is 0 Å². The summed E-state index contributed by atoms with van der Waals surface area (Å²) in [7, 11) is -4.03. The Hall–Kier alpha value is -3.11. The molecule has 0 aliphatic heterocycles. The van der Waals surface area contributed by atoms with Crippen LogP contribution in [0.1, 0.15) is 10.4 Å². The molecule has 11 heteroatoms. The van der Waals surface area contributed by atoms with Crippen LogP contribution in [0.4, 0.5) is 11.4 Å². The van der Waals surface area contributed by atoms with Gasteiger partial charge in [-0.05, 0) is 76.6 Å². The fraction of sp³-hybridized carbons (Fsp3) is 0. The van der Waals surface area contributed by atoms with Crippen LogP contribution < -0.4 is 14.8 Å². The molecule has 4 aromatic rings. The molecule has 0 saturated heterocycles. The van der Waals surface area contributed by atoms with Gasteiger partial charge in [-0.1, -0.05) is 35.3 Å². The first-order chi connectivity index (χ1) is 16.7. The van der Waals surface area contributed by atoms with E-state index in [-0.39, 0.29) is 21.2 Å². The molecule has 1 heterocycles. The van der Waals surface area contributed by atoms with E-state index in [0.29, 0.717) is 26.7 Å². The lowest BCUT2D eigenvalue weighted by atomic mass is 10.1. The molecule has 178 valence electrons. The van der Waals surface area contributed by atoms with E-state index in [9.17, 15) is 13.2 Å². The number of nitrogens with one attached hydrogen (secondary N) is 2. The molecule has 0 atom stereocenters. The third-order valence-electron chi connectivity index (χ3n) is 4.63. The summed E-state index contributed by atoms with van der Waals surface area (Å²) in [6.45, 7) is 0. The first-order valence-corrected chi connectivity index (χ1v) is 13.0. The largest absolute Gasteiger partial charge is 0.456 e. The monoisotopic (exact) mass is 591 g/mol. The maximum atomic E-state index is 13.0. The summed E-state index contributed by atoms with van der Waals surface area (Å²) >= 11 is 15.5. The zero-order chi connectivity index (χ0) is 25.0. The van der Waals surface area contributed by atoms with Gasteiger partial charge in [0.2, 0.25) is 0 Å². The highest BCUT2D eigenvalue weighted by atomic mass is 79.9. The van der Waals surface area contributed by atoms with Crippen molar-refractivity contribution in [2.75, 3.05) is 10.0 Å². The van der Waals surface area contributed by atoms with Crippen LogP contribution in [0.5, 0.6) is 11.5 Å². The van der Waals surface area contributed by atoms with E-state index in [2.05, 4.69) is 31.0 Å². The molecule has 4 rings (SSSR count). The lowest BCUT2D eigenvalue weighted by Crippen LogP contribution is -2.18. The molecule has 0 aliphatic rings. The molecule has 0 radical (unpaired) electrons. The molecule has 0 aliphatic carbocycles. The molecule has 0 fully saturated rings. The van der Waals surface area contributed by atoms with Crippen LogP contribution in [0.2, 0.25) is 10.0 Å². The van der Waals surface area contributed by atoms with Gasteiger partial charge in [-0.25, -0.2) is 8.42 Å².